The van der Waals surface area contributed by atoms with Crippen molar-refractivity contribution in [2.45, 2.75) is 22.5 Å². The van der Waals surface area contributed by atoms with Gasteiger partial charge in [0.15, 0.2) is 0 Å². The van der Waals surface area contributed by atoms with Crippen LogP contribution < -0.4 is 0 Å². The van der Waals surface area contributed by atoms with Crippen molar-refractivity contribution in [3.8, 4) is 0 Å². The van der Waals surface area contributed by atoms with E-state index in [0.29, 0.717) is 9.65 Å². The van der Waals surface area contributed by atoms with Crippen molar-refractivity contribution in [2.24, 2.45) is 0 Å². The van der Waals surface area contributed by atoms with Crippen molar-refractivity contribution in [3.63, 3.8) is 0 Å². The molecule has 0 radical (unpaired) electrons. The van der Waals surface area contributed by atoms with E-state index in [-0.39, 0.29) is 0 Å². The molecular weight excluding hydrogens is 232 g/mol. The summed E-state index contributed by atoms with van der Waals surface area (Å²) in [7, 11) is 0. The van der Waals surface area contributed by atoms with Gasteiger partial charge in [-0.25, -0.2) is 0 Å². The molecule has 8 heavy (non-hydrogen) atoms. The van der Waals surface area contributed by atoms with E-state index in [1.165, 1.54) is 12.8 Å². The van der Waals surface area contributed by atoms with Crippen LogP contribution in [0, 0.1) is 0 Å². The fourth-order valence-electron chi connectivity index (χ4n) is 0.752. The van der Waals surface area contributed by atoms with Crippen molar-refractivity contribution in [1.82, 2.24) is 0 Å². The van der Waals surface area contributed by atoms with Gasteiger partial charge in [0, 0.05) is 9.65 Å². The van der Waals surface area contributed by atoms with Gasteiger partial charge in [0.1, 0.15) is 0 Å². The first-order chi connectivity index (χ1) is 3.79. The summed E-state index contributed by atoms with van der Waals surface area (Å²) in [5.74, 6) is 0. The van der Waals surface area contributed by atoms with Gasteiger partial charge in [-0.1, -0.05) is 44.0 Å². The maximum Gasteiger partial charge on any atom is 0.0326 e. The second-order valence-corrected chi connectivity index (χ2v) is 4.35. The predicted octanol–water partition coefficient (Wildman–Crippen LogP) is 2.86. The van der Waals surface area contributed by atoms with E-state index >= 15 is 0 Å². The summed E-state index contributed by atoms with van der Waals surface area (Å²) in [6, 6.07) is 0. The van der Waals surface area contributed by atoms with E-state index in [1.807, 2.05) is 0 Å². The number of halogens is 2. The van der Waals surface area contributed by atoms with Gasteiger partial charge in [0.25, 0.3) is 0 Å². The van der Waals surface area contributed by atoms with Crippen molar-refractivity contribution < 1.29 is 0 Å². The van der Waals surface area contributed by atoms with Gasteiger partial charge in [-0.15, -0.1) is 0 Å². The van der Waals surface area contributed by atoms with E-state index in [0.717, 1.165) is 0 Å². The van der Waals surface area contributed by atoms with Crippen LogP contribution in [0.25, 0.3) is 0 Å². The molecule has 1 rings (SSSR count). The Labute approximate surface area is 66.6 Å². The molecule has 0 nitrogen and oxygen atoms in total. The lowest BCUT2D eigenvalue weighted by Gasteiger charge is -2.12. The number of hydrogen-bond acceptors (Lipinski definition) is 0. The van der Waals surface area contributed by atoms with Gasteiger partial charge in [0.05, 0.1) is 0 Å². The third-order valence-corrected chi connectivity index (χ3v) is 2.77. The molecule has 0 saturated carbocycles. The van der Waals surface area contributed by atoms with Crippen LogP contribution in [-0.2, 0) is 0 Å². The largest absolute Gasteiger partial charge is 0.0845 e. The molecule has 0 fully saturated rings. The average Bonchev–Trinajstić information content (AvgIpc) is 1.77. The van der Waals surface area contributed by atoms with Crippen LogP contribution in [0.1, 0.15) is 12.8 Å². The maximum atomic E-state index is 3.51. The molecule has 0 aromatic carbocycles. The van der Waals surface area contributed by atoms with E-state index in [4.69, 9.17) is 0 Å². The number of hydrogen-bond donors (Lipinski definition) is 0. The minimum absolute atomic E-state index is 0.622. The minimum Gasteiger partial charge on any atom is -0.0845 e. The Morgan fingerprint density at radius 3 is 1.62 bits per heavy atom. The van der Waals surface area contributed by atoms with Crippen LogP contribution in [0.2, 0.25) is 0 Å². The molecule has 0 spiro atoms. The van der Waals surface area contributed by atoms with Gasteiger partial charge in [-0.3, -0.25) is 0 Å². The molecule has 0 aromatic heterocycles. The lowest BCUT2D eigenvalue weighted by molar-refractivity contribution is 0.765. The first-order valence-electron chi connectivity index (χ1n) is 2.75. The van der Waals surface area contributed by atoms with Gasteiger partial charge < -0.3 is 0 Å². The van der Waals surface area contributed by atoms with E-state index in [9.17, 15) is 0 Å². The molecule has 1 aliphatic carbocycles. The quantitative estimate of drug-likeness (QED) is 0.451. The Morgan fingerprint density at radius 2 is 1.38 bits per heavy atom. The molecule has 0 N–H and O–H groups in total. The summed E-state index contributed by atoms with van der Waals surface area (Å²) < 4.78 is 0. The zero-order valence-corrected chi connectivity index (χ0v) is 7.65. The molecule has 2 atom stereocenters. The van der Waals surface area contributed by atoms with Crippen molar-refractivity contribution in [1.29, 1.82) is 0 Å². The smallest absolute Gasteiger partial charge is 0.0326 e. The summed E-state index contributed by atoms with van der Waals surface area (Å²) in [5.41, 5.74) is 0. The van der Waals surface area contributed by atoms with Crippen LogP contribution in [0.15, 0.2) is 12.2 Å². The van der Waals surface area contributed by atoms with Crippen molar-refractivity contribution >= 4 is 31.9 Å². The molecule has 0 unspecified atom stereocenters. The SMILES string of the molecule is Br[C@@H]1C=C[C@H](Br)CC1. The van der Waals surface area contributed by atoms with Gasteiger partial charge in [-0.2, -0.15) is 0 Å². The standard InChI is InChI=1S/C6H8Br2/c7-5-1-2-6(8)4-3-5/h1-2,5-6H,3-4H2/t5-,6+. The highest BCUT2D eigenvalue weighted by atomic mass is 79.9. The summed E-state index contributed by atoms with van der Waals surface area (Å²) in [6.07, 6.45) is 6.91. The Morgan fingerprint density at radius 1 is 1.00 bits per heavy atom. The molecule has 2 heteroatoms. The van der Waals surface area contributed by atoms with Crippen molar-refractivity contribution in [3.05, 3.63) is 12.2 Å². The Hall–Kier alpha value is 0.700. The van der Waals surface area contributed by atoms with Crippen LogP contribution in [0.4, 0.5) is 0 Å². The first kappa shape index (κ1) is 6.81. The Balaban J connectivity index is 2.42. The second kappa shape index (κ2) is 3.02. The molecule has 0 heterocycles. The first-order valence-corrected chi connectivity index (χ1v) is 4.58. The van der Waals surface area contributed by atoms with Gasteiger partial charge >= 0.3 is 0 Å². The topological polar surface area (TPSA) is 0 Å². The summed E-state index contributed by atoms with van der Waals surface area (Å²) in [5, 5.41) is 0. The monoisotopic (exact) mass is 238 g/mol. The number of alkyl halides is 2. The highest BCUT2D eigenvalue weighted by Gasteiger charge is 2.09. The van der Waals surface area contributed by atoms with E-state index < -0.39 is 0 Å². The van der Waals surface area contributed by atoms with Gasteiger partial charge in [0.2, 0.25) is 0 Å². The van der Waals surface area contributed by atoms with Crippen LogP contribution >= 0.6 is 31.9 Å². The number of allylic oxidation sites excluding steroid dienone is 2. The third kappa shape index (κ3) is 1.90. The predicted molar refractivity (Wildman–Crippen MR) is 43.8 cm³/mol. The van der Waals surface area contributed by atoms with Crippen LogP contribution in [-0.4, -0.2) is 9.65 Å². The zero-order valence-electron chi connectivity index (χ0n) is 4.48. The normalized spacial score (nSPS) is 37.8. The molecule has 46 valence electrons. The van der Waals surface area contributed by atoms with Gasteiger partial charge in [-0.05, 0) is 12.8 Å². The molecule has 0 aliphatic heterocycles. The third-order valence-electron chi connectivity index (χ3n) is 1.25. The lowest BCUT2D eigenvalue weighted by Crippen LogP contribution is -2.05. The number of rotatable bonds is 0. The fraction of sp³-hybridized carbons (Fsp3) is 0.667. The summed E-state index contributed by atoms with van der Waals surface area (Å²) in [4.78, 5) is 1.24. The molecule has 0 bridgehead atoms. The van der Waals surface area contributed by atoms with E-state index in [2.05, 4.69) is 44.0 Å². The highest BCUT2D eigenvalue weighted by Crippen LogP contribution is 2.21. The molecular formula is C6H8Br2. The lowest BCUT2D eigenvalue weighted by atomic mass is 10.1. The van der Waals surface area contributed by atoms with Crippen molar-refractivity contribution in [2.75, 3.05) is 0 Å². The Bertz CT molecular complexity index is 86.7. The molecule has 0 aromatic rings. The Kier molecular flexibility index (Phi) is 2.57. The fourth-order valence-corrected chi connectivity index (χ4v) is 1.63. The molecule has 1 aliphatic rings. The van der Waals surface area contributed by atoms with Crippen LogP contribution in [0.5, 0.6) is 0 Å². The minimum atomic E-state index is 0.622. The summed E-state index contributed by atoms with van der Waals surface area (Å²) >= 11 is 7.02. The maximum absolute atomic E-state index is 3.51. The molecule has 0 amide bonds. The summed E-state index contributed by atoms with van der Waals surface area (Å²) in [6.45, 7) is 0. The highest BCUT2D eigenvalue weighted by molar-refractivity contribution is 9.10. The second-order valence-electron chi connectivity index (χ2n) is 1.99. The van der Waals surface area contributed by atoms with E-state index in [1.54, 1.807) is 0 Å². The zero-order chi connectivity index (χ0) is 5.98. The van der Waals surface area contributed by atoms with Crippen LogP contribution in [0.3, 0.4) is 0 Å². The molecule has 0 saturated heterocycles. The average molecular weight is 240 g/mol.